The molecule has 0 spiro atoms. The SMILES string of the molecule is COC(=O)N[C@@H](Cc1ccccc1Cl)C(=O)O. The number of halogens is 1. The second-order valence-electron chi connectivity index (χ2n) is 3.32. The van der Waals surface area contributed by atoms with E-state index in [9.17, 15) is 9.59 Å². The average Bonchev–Trinajstić information content (AvgIpc) is 2.30. The van der Waals surface area contributed by atoms with E-state index in [-0.39, 0.29) is 6.42 Å². The fourth-order valence-electron chi connectivity index (χ4n) is 1.29. The number of methoxy groups -OCH3 is 1. The highest BCUT2D eigenvalue weighted by Gasteiger charge is 2.21. The molecule has 0 fully saturated rings. The van der Waals surface area contributed by atoms with Crippen LogP contribution in [-0.4, -0.2) is 30.3 Å². The number of ether oxygens (including phenoxy) is 1. The molecule has 0 aliphatic heterocycles. The monoisotopic (exact) mass is 257 g/mol. The molecular formula is C11H12ClNO4. The quantitative estimate of drug-likeness (QED) is 0.861. The zero-order valence-electron chi connectivity index (χ0n) is 9.14. The Morgan fingerprint density at radius 2 is 2.12 bits per heavy atom. The van der Waals surface area contributed by atoms with Gasteiger partial charge < -0.3 is 15.2 Å². The molecule has 1 amide bonds. The van der Waals surface area contributed by atoms with Gasteiger partial charge in [0.05, 0.1) is 7.11 Å². The minimum atomic E-state index is -1.14. The Morgan fingerprint density at radius 1 is 1.47 bits per heavy atom. The van der Waals surface area contributed by atoms with Crippen LogP contribution in [0, 0.1) is 0 Å². The molecule has 0 aliphatic rings. The first-order valence-electron chi connectivity index (χ1n) is 4.85. The van der Waals surface area contributed by atoms with E-state index in [4.69, 9.17) is 16.7 Å². The molecule has 1 aromatic rings. The van der Waals surface area contributed by atoms with Gasteiger partial charge in [0, 0.05) is 11.4 Å². The Labute approximate surface area is 103 Å². The van der Waals surface area contributed by atoms with Crippen LogP contribution in [0.15, 0.2) is 24.3 Å². The molecular weight excluding hydrogens is 246 g/mol. The zero-order chi connectivity index (χ0) is 12.8. The molecule has 6 heteroatoms. The maximum absolute atomic E-state index is 11.0. The molecule has 0 aromatic heterocycles. The van der Waals surface area contributed by atoms with Crippen LogP contribution in [0.4, 0.5) is 4.79 Å². The van der Waals surface area contributed by atoms with Gasteiger partial charge in [-0.25, -0.2) is 9.59 Å². The van der Waals surface area contributed by atoms with Crippen molar-refractivity contribution in [1.82, 2.24) is 5.32 Å². The van der Waals surface area contributed by atoms with Crippen LogP contribution in [-0.2, 0) is 16.0 Å². The van der Waals surface area contributed by atoms with Crippen LogP contribution in [0.1, 0.15) is 5.56 Å². The second-order valence-corrected chi connectivity index (χ2v) is 3.73. The molecule has 2 N–H and O–H groups in total. The van der Waals surface area contributed by atoms with Gasteiger partial charge >= 0.3 is 12.1 Å². The van der Waals surface area contributed by atoms with Gasteiger partial charge in [0.25, 0.3) is 0 Å². The number of carbonyl (C=O) groups excluding carboxylic acids is 1. The largest absolute Gasteiger partial charge is 0.480 e. The van der Waals surface area contributed by atoms with Crippen LogP contribution in [0.25, 0.3) is 0 Å². The lowest BCUT2D eigenvalue weighted by Crippen LogP contribution is -2.42. The first-order chi connectivity index (χ1) is 8.04. The second kappa shape index (κ2) is 6.10. The number of carboxylic acid groups (broad SMARTS) is 1. The van der Waals surface area contributed by atoms with Crippen molar-refractivity contribution in [3.63, 3.8) is 0 Å². The fraction of sp³-hybridized carbons (Fsp3) is 0.273. The van der Waals surface area contributed by atoms with Gasteiger partial charge in [-0.2, -0.15) is 0 Å². The van der Waals surface area contributed by atoms with Crippen LogP contribution in [0.5, 0.6) is 0 Å². The van der Waals surface area contributed by atoms with Crippen molar-refractivity contribution in [1.29, 1.82) is 0 Å². The van der Waals surface area contributed by atoms with E-state index in [1.165, 1.54) is 7.11 Å². The Kier molecular flexibility index (Phi) is 4.78. The third kappa shape index (κ3) is 3.96. The van der Waals surface area contributed by atoms with Crippen LogP contribution in [0.3, 0.4) is 0 Å². The van der Waals surface area contributed by atoms with Crippen molar-refractivity contribution in [3.8, 4) is 0 Å². The van der Waals surface area contributed by atoms with Crippen molar-refractivity contribution in [3.05, 3.63) is 34.9 Å². The van der Waals surface area contributed by atoms with E-state index in [0.29, 0.717) is 10.6 Å². The molecule has 1 atom stereocenters. The van der Waals surface area contributed by atoms with E-state index >= 15 is 0 Å². The average molecular weight is 258 g/mol. The number of hydrogen-bond acceptors (Lipinski definition) is 3. The van der Waals surface area contributed by atoms with Crippen molar-refractivity contribution >= 4 is 23.7 Å². The summed E-state index contributed by atoms with van der Waals surface area (Å²) in [6.07, 6.45) is -0.686. The predicted octanol–water partition coefficient (Wildman–Crippen LogP) is 1.69. The molecule has 0 saturated carbocycles. The summed E-state index contributed by atoms with van der Waals surface area (Å²) in [5.74, 6) is -1.14. The summed E-state index contributed by atoms with van der Waals surface area (Å²) in [6.45, 7) is 0. The van der Waals surface area contributed by atoms with Gasteiger partial charge in [-0.1, -0.05) is 29.8 Å². The minimum absolute atomic E-state index is 0.101. The minimum Gasteiger partial charge on any atom is -0.480 e. The molecule has 0 aliphatic carbocycles. The summed E-state index contributed by atoms with van der Waals surface area (Å²) in [5, 5.41) is 11.6. The Balaban J connectivity index is 2.77. The third-order valence-corrected chi connectivity index (χ3v) is 2.53. The van der Waals surface area contributed by atoms with Crippen LogP contribution < -0.4 is 5.32 Å². The summed E-state index contributed by atoms with van der Waals surface area (Å²) < 4.78 is 4.35. The predicted molar refractivity (Wildman–Crippen MR) is 62.1 cm³/mol. The Morgan fingerprint density at radius 3 is 2.65 bits per heavy atom. The number of rotatable bonds is 4. The molecule has 0 heterocycles. The number of alkyl carbamates (subject to hydrolysis) is 1. The maximum atomic E-state index is 11.0. The lowest BCUT2D eigenvalue weighted by atomic mass is 10.1. The number of benzene rings is 1. The highest BCUT2D eigenvalue weighted by Crippen LogP contribution is 2.16. The van der Waals surface area contributed by atoms with Crippen molar-refractivity contribution in [2.75, 3.05) is 7.11 Å². The smallest absolute Gasteiger partial charge is 0.407 e. The Bertz CT molecular complexity index is 422. The summed E-state index contributed by atoms with van der Waals surface area (Å²) in [4.78, 5) is 21.9. The lowest BCUT2D eigenvalue weighted by molar-refractivity contribution is -0.139. The first kappa shape index (κ1) is 13.3. The van der Waals surface area contributed by atoms with Crippen LogP contribution >= 0.6 is 11.6 Å². The number of nitrogens with one attached hydrogen (secondary N) is 1. The molecule has 1 rings (SSSR count). The molecule has 0 bridgehead atoms. The van der Waals surface area contributed by atoms with Gasteiger partial charge in [0.2, 0.25) is 0 Å². The first-order valence-corrected chi connectivity index (χ1v) is 5.23. The van der Waals surface area contributed by atoms with Crippen molar-refractivity contribution < 1.29 is 19.4 Å². The molecule has 0 unspecified atom stereocenters. The number of carboxylic acids is 1. The van der Waals surface area contributed by atoms with E-state index in [1.54, 1.807) is 24.3 Å². The van der Waals surface area contributed by atoms with E-state index in [2.05, 4.69) is 10.1 Å². The molecule has 17 heavy (non-hydrogen) atoms. The molecule has 92 valence electrons. The van der Waals surface area contributed by atoms with E-state index in [0.717, 1.165) is 0 Å². The Hall–Kier alpha value is -1.75. The molecule has 5 nitrogen and oxygen atoms in total. The van der Waals surface area contributed by atoms with Gasteiger partial charge in [-0.05, 0) is 11.6 Å². The summed E-state index contributed by atoms with van der Waals surface area (Å²) >= 11 is 5.91. The van der Waals surface area contributed by atoms with Crippen LogP contribution in [0.2, 0.25) is 5.02 Å². The number of amides is 1. The topological polar surface area (TPSA) is 75.6 Å². The standard InChI is InChI=1S/C11H12ClNO4/c1-17-11(16)13-9(10(14)15)6-7-4-2-3-5-8(7)12/h2-5,9H,6H2,1H3,(H,13,16)(H,14,15)/t9-/m0/s1. The number of aliphatic carboxylic acids is 1. The summed E-state index contributed by atoms with van der Waals surface area (Å²) in [5.41, 5.74) is 0.651. The van der Waals surface area contributed by atoms with Gasteiger partial charge in [-0.3, -0.25) is 0 Å². The van der Waals surface area contributed by atoms with Gasteiger partial charge in [-0.15, -0.1) is 0 Å². The molecule has 1 aromatic carbocycles. The van der Waals surface area contributed by atoms with Gasteiger partial charge in [0.1, 0.15) is 6.04 Å². The fourth-order valence-corrected chi connectivity index (χ4v) is 1.50. The van der Waals surface area contributed by atoms with E-state index < -0.39 is 18.1 Å². The highest BCUT2D eigenvalue weighted by molar-refractivity contribution is 6.31. The third-order valence-electron chi connectivity index (χ3n) is 2.16. The van der Waals surface area contributed by atoms with Crippen molar-refractivity contribution in [2.24, 2.45) is 0 Å². The van der Waals surface area contributed by atoms with Gasteiger partial charge in [0.15, 0.2) is 0 Å². The lowest BCUT2D eigenvalue weighted by Gasteiger charge is -2.14. The molecule has 0 saturated heterocycles. The highest BCUT2D eigenvalue weighted by atomic mass is 35.5. The van der Waals surface area contributed by atoms with Crippen molar-refractivity contribution in [2.45, 2.75) is 12.5 Å². The summed E-state index contributed by atoms with van der Waals surface area (Å²) in [6, 6.07) is 5.79. The summed E-state index contributed by atoms with van der Waals surface area (Å²) in [7, 11) is 1.17. The molecule has 0 radical (unpaired) electrons. The number of carbonyl (C=O) groups is 2. The number of hydrogen-bond donors (Lipinski definition) is 2. The normalized spacial score (nSPS) is 11.6. The maximum Gasteiger partial charge on any atom is 0.407 e. The zero-order valence-corrected chi connectivity index (χ0v) is 9.90. The van der Waals surface area contributed by atoms with E-state index in [1.807, 2.05) is 0 Å².